The van der Waals surface area contributed by atoms with E-state index in [1.807, 2.05) is 63.2 Å². The largest absolute Gasteiger partial charge is 0.491 e. The minimum atomic E-state index is -0.108. The molecule has 6 nitrogen and oxygen atoms in total. The Morgan fingerprint density at radius 1 is 1.19 bits per heavy atom. The summed E-state index contributed by atoms with van der Waals surface area (Å²) in [6.45, 7) is 6.20. The fourth-order valence-electron chi connectivity index (χ4n) is 2.30. The lowest BCUT2D eigenvalue weighted by Crippen LogP contribution is -2.23. The Labute approximate surface area is 168 Å². The van der Waals surface area contributed by atoms with E-state index in [1.165, 1.54) is 0 Å². The van der Waals surface area contributed by atoms with Crippen LogP contribution in [-0.2, 0) is 4.79 Å². The lowest BCUT2D eigenvalue weighted by molar-refractivity contribution is -0.116. The van der Waals surface area contributed by atoms with Crippen LogP contribution in [0, 0.1) is 6.92 Å². The molecule has 0 heterocycles. The number of aryl methyl sites for hydroxylation is 1. The Bertz CT molecular complexity index is 804. The number of halogens is 1. The predicted octanol–water partition coefficient (Wildman–Crippen LogP) is 4.30. The van der Waals surface area contributed by atoms with E-state index in [1.54, 1.807) is 0 Å². The molecule has 0 aliphatic rings. The fourth-order valence-corrected chi connectivity index (χ4v) is 2.66. The lowest BCUT2D eigenvalue weighted by atomic mass is 10.2. The van der Waals surface area contributed by atoms with Gasteiger partial charge in [-0.1, -0.05) is 22.0 Å². The number of anilines is 2. The lowest BCUT2D eigenvalue weighted by Gasteiger charge is -2.11. The maximum Gasteiger partial charge on any atom is 0.226 e. The zero-order chi connectivity index (χ0) is 19.8. The van der Waals surface area contributed by atoms with Crippen molar-refractivity contribution in [3.05, 3.63) is 52.5 Å². The van der Waals surface area contributed by atoms with Gasteiger partial charge in [0.15, 0.2) is 5.96 Å². The molecule has 0 bridgehead atoms. The zero-order valence-electron chi connectivity index (χ0n) is 15.8. The molecule has 1 amide bonds. The topological polar surface area (TPSA) is 88.7 Å². The van der Waals surface area contributed by atoms with E-state index in [-0.39, 0.29) is 24.4 Å². The monoisotopic (exact) mass is 432 g/mol. The summed E-state index contributed by atoms with van der Waals surface area (Å²) in [5.41, 5.74) is 8.47. The first-order valence-corrected chi connectivity index (χ1v) is 9.52. The minimum Gasteiger partial charge on any atom is -0.491 e. The maximum absolute atomic E-state index is 12.1. The number of amides is 1. The number of carbonyl (C=O) groups excluding carboxylic acids is 1. The van der Waals surface area contributed by atoms with Gasteiger partial charge in [0.25, 0.3) is 0 Å². The third-order valence-corrected chi connectivity index (χ3v) is 4.09. The fraction of sp³-hybridized carbons (Fsp3) is 0.300. The van der Waals surface area contributed by atoms with Gasteiger partial charge in [-0.05, 0) is 62.7 Å². The number of hydrogen-bond acceptors (Lipinski definition) is 3. The van der Waals surface area contributed by atoms with E-state index in [4.69, 9.17) is 10.5 Å². The molecule has 2 rings (SSSR count). The van der Waals surface area contributed by atoms with Crippen LogP contribution >= 0.6 is 15.9 Å². The van der Waals surface area contributed by atoms with Crippen LogP contribution in [-0.4, -0.2) is 24.5 Å². The van der Waals surface area contributed by atoms with Crippen LogP contribution in [0.1, 0.15) is 25.8 Å². The van der Waals surface area contributed by atoms with Gasteiger partial charge in [0.05, 0.1) is 12.6 Å². The average Bonchev–Trinajstić information content (AvgIpc) is 2.59. The van der Waals surface area contributed by atoms with Gasteiger partial charge in [0.1, 0.15) is 5.75 Å². The maximum atomic E-state index is 12.1. The molecule has 2 aromatic rings. The van der Waals surface area contributed by atoms with Gasteiger partial charge in [0.2, 0.25) is 5.91 Å². The van der Waals surface area contributed by atoms with E-state index in [2.05, 4.69) is 31.6 Å². The SMILES string of the molecule is Cc1ccc(Br)cc1NC(=O)CCN=C(N)Nc1ccc(OC(C)C)cc1. The average molecular weight is 433 g/mol. The predicted molar refractivity (Wildman–Crippen MR) is 114 cm³/mol. The Hall–Kier alpha value is -2.54. The Morgan fingerprint density at radius 2 is 1.89 bits per heavy atom. The van der Waals surface area contributed by atoms with Crippen LogP contribution in [0.25, 0.3) is 0 Å². The highest BCUT2D eigenvalue weighted by atomic mass is 79.9. The second-order valence-electron chi connectivity index (χ2n) is 6.34. The van der Waals surface area contributed by atoms with E-state index in [0.29, 0.717) is 6.54 Å². The molecule has 144 valence electrons. The molecule has 0 unspecified atom stereocenters. The molecule has 0 aliphatic carbocycles. The summed E-state index contributed by atoms with van der Waals surface area (Å²) < 4.78 is 6.51. The zero-order valence-corrected chi connectivity index (χ0v) is 17.3. The minimum absolute atomic E-state index is 0.108. The molecule has 0 spiro atoms. The molecule has 7 heteroatoms. The van der Waals surface area contributed by atoms with Crippen LogP contribution in [0.2, 0.25) is 0 Å². The summed E-state index contributed by atoms with van der Waals surface area (Å²) in [6, 6.07) is 13.2. The van der Waals surface area contributed by atoms with Crippen molar-refractivity contribution in [2.45, 2.75) is 33.3 Å². The molecule has 0 radical (unpaired) electrons. The molecule has 2 aromatic carbocycles. The van der Waals surface area contributed by atoms with Crippen LogP contribution in [0.5, 0.6) is 5.75 Å². The number of carbonyl (C=O) groups is 1. The standard InChI is InChI=1S/C20H25BrN4O2/c1-13(2)27-17-8-6-16(7-9-17)24-20(22)23-11-10-19(26)25-18-12-15(21)5-4-14(18)3/h4-9,12-13H,10-11H2,1-3H3,(H,25,26)(H3,22,23,24). The van der Waals surface area contributed by atoms with E-state index in [9.17, 15) is 4.79 Å². The molecule has 27 heavy (non-hydrogen) atoms. The second-order valence-corrected chi connectivity index (χ2v) is 7.26. The summed E-state index contributed by atoms with van der Waals surface area (Å²) in [5.74, 6) is 0.951. The quantitative estimate of drug-likeness (QED) is 0.449. The number of hydrogen-bond donors (Lipinski definition) is 3. The molecule has 0 aromatic heterocycles. The Morgan fingerprint density at radius 3 is 2.56 bits per heavy atom. The van der Waals surface area contributed by atoms with Crippen molar-refractivity contribution in [1.29, 1.82) is 0 Å². The van der Waals surface area contributed by atoms with Gasteiger partial charge < -0.3 is 21.1 Å². The highest BCUT2D eigenvalue weighted by molar-refractivity contribution is 9.10. The molecule has 0 saturated carbocycles. The van der Waals surface area contributed by atoms with Crippen molar-refractivity contribution >= 4 is 39.2 Å². The second kappa shape index (κ2) is 9.97. The van der Waals surface area contributed by atoms with E-state index >= 15 is 0 Å². The first kappa shape index (κ1) is 20.8. The van der Waals surface area contributed by atoms with Gasteiger partial charge in [0, 0.05) is 22.3 Å². The van der Waals surface area contributed by atoms with Gasteiger partial charge in [-0.3, -0.25) is 9.79 Å². The van der Waals surface area contributed by atoms with Crippen LogP contribution in [0.3, 0.4) is 0 Å². The third kappa shape index (κ3) is 7.30. The van der Waals surface area contributed by atoms with Crippen molar-refractivity contribution in [3.63, 3.8) is 0 Å². The van der Waals surface area contributed by atoms with Gasteiger partial charge in [-0.25, -0.2) is 0 Å². The highest BCUT2D eigenvalue weighted by Crippen LogP contribution is 2.20. The molecule has 0 aliphatic heterocycles. The van der Waals surface area contributed by atoms with Crippen molar-refractivity contribution in [3.8, 4) is 5.75 Å². The smallest absolute Gasteiger partial charge is 0.226 e. The number of rotatable bonds is 7. The number of nitrogens with two attached hydrogens (primary N) is 1. The number of nitrogens with zero attached hydrogens (tertiary/aromatic N) is 1. The Kier molecular flexibility index (Phi) is 7.67. The summed E-state index contributed by atoms with van der Waals surface area (Å²) in [5, 5.41) is 5.88. The molecule has 0 fully saturated rings. The number of nitrogens with one attached hydrogen (secondary N) is 2. The molecule has 0 saturated heterocycles. The number of aliphatic imine (C=N–C) groups is 1. The normalized spacial score (nSPS) is 11.4. The number of guanidine groups is 1. The van der Waals surface area contributed by atoms with E-state index < -0.39 is 0 Å². The summed E-state index contributed by atoms with van der Waals surface area (Å²) in [7, 11) is 0. The number of ether oxygens (including phenoxy) is 1. The summed E-state index contributed by atoms with van der Waals surface area (Å²) in [4.78, 5) is 16.3. The highest BCUT2D eigenvalue weighted by Gasteiger charge is 2.05. The van der Waals surface area contributed by atoms with Crippen LogP contribution < -0.4 is 21.1 Å². The Balaban J connectivity index is 1.81. The van der Waals surface area contributed by atoms with Gasteiger partial charge >= 0.3 is 0 Å². The molecule has 4 N–H and O–H groups in total. The first-order chi connectivity index (χ1) is 12.8. The van der Waals surface area contributed by atoms with Crippen LogP contribution in [0.15, 0.2) is 51.9 Å². The third-order valence-electron chi connectivity index (χ3n) is 3.59. The van der Waals surface area contributed by atoms with Gasteiger partial charge in [-0.2, -0.15) is 0 Å². The van der Waals surface area contributed by atoms with Crippen molar-refractivity contribution in [2.24, 2.45) is 10.7 Å². The van der Waals surface area contributed by atoms with Gasteiger partial charge in [-0.15, -0.1) is 0 Å². The number of benzene rings is 2. The van der Waals surface area contributed by atoms with Crippen molar-refractivity contribution in [1.82, 2.24) is 0 Å². The summed E-state index contributed by atoms with van der Waals surface area (Å²) >= 11 is 3.40. The van der Waals surface area contributed by atoms with Crippen molar-refractivity contribution in [2.75, 3.05) is 17.2 Å². The van der Waals surface area contributed by atoms with Crippen molar-refractivity contribution < 1.29 is 9.53 Å². The van der Waals surface area contributed by atoms with Crippen LogP contribution in [0.4, 0.5) is 11.4 Å². The molecular weight excluding hydrogens is 408 g/mol. The van der Waals surface area contributed by atoms with E-state index in [0.717, 1.165) is 27.2 Å². The summed E-state index contributed by atoms with van der Waals surface area (Å²) in [6.07, 6.45) is 0.373. The molecule has 0 atom stereocenters. The first-order valence-electron chi connectivity index (χ1n) is 8.73. The molecular formula is C20H25BrN4O2.